The summed E-state index contributed by atoms with van der Waals surface area (Å²) in [4.78, 5) is 15.0. The quantitative estimate of drug-likeness (QED) is 0.840. The average Bonchev–Trinajstić information content (AvgIpc) is 3.02. The molecular formula is C19H28N4O2. The van der Waals surface area contributed by atoms with Crippen LogP contribution in [-0.2, 0) is 16.1 Å². The summed E-state index contributed by atoms with van der Waals surface area (Å²) in [5, 5.41) is 7.52. The number of hydrogen-bond donors (Lipinski definition) is 2. The van der Waals surface area contributed by atoms with Crippen molar-refractivity contribution in [3.8, 4) is 0 Å². The Morgan fingerprint density at radius 1 is 1.32 bits per heavy atom. The number of carbonyl (C=O) groups excluding carboxylic acids is 1. The summed E-state index contributed by atoms with van der Waals surface area (Å²) in [7, 11) is 5.77. The van der Waals surface area contributed by atoms with Crippen molar-refractivity contribution in [3.63, 3.8) is 0 Å². The molecule has 0 atom stereocenters. The summed E-state index contributed by atoms with van der Waals surface area (Å²) >= 11 is 0. The zero-order chi connectivity index (χ0) is 17.9. The van der Waals surface area contributed by atoms with Crippen LogP contribution in [0.1, 0.15) is 12.8 Å². The van der Waals surface area contributed by atoms with Gasteiger partial charge in [0.05, 0.1) is 5.52 Å². The van der Waals surface area contributed by atoms with E-state index in [1.807, 2.05) is 12.1 Å². The van der Waals surface area contributed by atoms with Crippen molar-refractivity contribution in [2.24, 2.45) is 0 Å². The highest BCUT2D eigenvalue weighted by Gasteiger charge is 2.39. The lowest BCUT2D eigenvalue weighted by molar-refractivity contribution is -0.140. The monoisotopic (exact) mass is 344 g/mol. The van der Waals surface area contributed by atoms with E-state index < -0.39 is 5.60 Å². The Kier molecular flexibility index (Phi) is 5.42. The van der Waals surface area contributed by atoms with Gasteiger partial charge in [0.15, 0.2) is 0 Å². The highest BCUT2D eigenvalue weighted by atomic mass is 16.5. The molecule has 3 rings (SSSR count). The number of nitrogens with zero attached hydrogens (tertiary/aromatic N) is 2. The van der Waals surface area contributed by atoms with Crippen molar-refractivity contribution in [1.29, 1.82) is 0 Å². The second-order valence-electron chi connectivity index (χ2n) is 6.99. The Labute approximate surface area is 149 Å². The van der Waals surface area contributed by atoms with Gasteiger partial charge in [-0.3, -0.25) is 4.79 Å². The number of benzene rings is 1. The number of likely N-dealkylation sites (N-methyl/N-ethyl adjacent to an activating group) is 1. The van der Waals surface area contributed by atoms with Crippen molar-refractivity contribution in [2.45, 2.75) is 25.0 Å². The van der Waals surface area contributed by atoms with E-state index in [4.69, 9.17) is 4.74 Å². The molecule has 2 N–H and O–H groups in total. The average molecular weight is 344 g/mol. The number of fused-ring (bicyclic) bond motifs is 1. The summed E-state index contributed by atoms with van der Waals surface area (Å²) in [5.74, 6) is -0.0535. The van der Waals surface area contributed by atoms with E-state index in [1.165, 1.54) is 5.39 Å². The maximum Gasteiger partial charge on any atom is 0.256 e. The topological polar surface area (TPSA) is 58.5 Å². The van der Waals surface area contributed by atoms with Crippen molar-refractivity contribution < 1.29 is 9.53 Å². The van der Waals surface area contributed by atoms with Crippen LogP contribution >= 0.6 is 0 Å². The van der Waals surface area contributed by atoms with Gasteiger partial charge in [-0.2, -0.15) is 0 Å². The molecule has 0 radical (unpaired) electrons. The third-order valence-corrected chi connectivity index (χ3v) is 5.04. The molecule has 136 valence electrons. The van der Waals surface area contributed by atoms with Crippen LogP contribution in [0.5, 0.6) is 0 Å². The van der Waals surface area contributed by atoms with Gasteiger partial charge in [-0.25, -0.2) is 0 Å². The molecule has 6 heteroatoms. The number of piperidine rings is 1. The van der Waals surface area contributed by atoms with Crippen molar-refractivity contribution in [1.82, 2.24) is 14.8 Å². The van der Waals surface area contributed by atoms with Crippen LogP contribution < -0.4 is 10.6 Å². The summed E-state index contributed by atoms with van der Waals surface area (Å²) in [6.45, 7) is 3.49. The number of rotatable bonds is 6. The van der Waals surface area contributed by atoms with Crippen LogP contribution in [-0.4, -0.2) is 61.8 Å². The SMILES string of the molecule is COC1(C(=O)Nc2ccc3ccn(CCN(C)C)c3c2)CCNCC1. The molecule has 1 aliphatic rings. The fraction of sp³-hybridized carbons (Fsp3) is 0.526. The Balaban J connectivity index is 1.79. The molecule has 0 unspecified atom stereocenters. The molecule has 1 amide bonds. The second-order valence-corrected chi connectivity index (χ2v) is 6.99. The van der Waals surface area contributed by atoms with Gasteiger partial charge >= 0.3 is 0 Å². The minimum atomic E-state index is -0.729. The van der Waals surface area contributed by atoms with E-state index in [1.54, 1.807) is 7.11 Å². The number of aromatic nitrogens is 1. The minimum Gasteiger partial charge on any atom is -0.368 e. The van der Waals surface area contributed by atoms with Crippen LogP contribution in [0.2, 0.25) is 0 Å². The van der Waals surface area contributed by atoms with Gasteiger partial charge in [0.2, 0.25) is 0 Å². The zero-order valence-electron chi connectivity index (χ0n) is 15.3. The first-order valence-electron chi connectivity index (χ1n) is 8.85. The van der Waals surface area contributed by atoms with E-state index in [0.29, 0.717) is 12.8 Å². The first-order valence-corrected chi connectivity index (χ1v) is 8.85. The lowest BCUT2D eigenvalue weighted by Gasteiger charge is -2.34. The Morgan fingerprint density at radius 2 is 2.08 bits per heavy atom. The lowest BCUT2D eigenvalue weighted by Crippen LogP contribution is -2.51. The molecule has 1 fully saturated rings. The Morgan fingerprint density at radius 3 is 2.76 bits per heavy atom. The first-order chi connectivity index (χ1) is 12.0. The van der Waals surface area contributed by atoms with Crippen molar-refractivity contribution >= 4 is 22.5 Å². The molecule has 2 heterocycles. The number of carbonyl (C=O) groups is 1. The summed E-state index contributed by atoms with van der Waals surface area (Å²) in [5.41, 5.74) is 1.22. The van der Waals surface area contributed by atoms with Gasteiger partial charge < -0.3 is 24.8 Å². The summed E-state index contributed by atoms with van der Waals surface area (Å²) < 4.78 is 7.83. The largest absolute Gasteiger partial charge is 0.368 e. The molecule has 6 nitrogen and oxygen atoms in total. The fourth-order valence-electron chi connectivity index (χ4n) is 3.36. The van der Waals surface area contributed by atoms with Crippen LogP contribution in [0.3, 0.4) is 0 Å². The maximum atomic E-state index is 12.8. The molecule has 0 bridgehead atoms. The van der Waals surface area contributed by atoms with Crippen LogP contribution in [0.15, 0.2) is 30.5 Å². The molecule has 0 aliphatic carbocycles. The van der Waals surface area contributed by atoms with E-state index in [0.717, 1.165) is 37.4 Å². The summed E-state index contributed by atoms with van der Waals surface area (Å²) in [6.07, 6.45) is 3.48. The number of methoxy groups -OCH3 is 1. The predicted octanol–water partition coefficient (Wildman–Crippen LogP) is 1.91. The van der Waals surface area contributed by atoms with E-state index in [9.17, 15) is 4.79 Å². The molecule has 1 saturated heterocycles. The molecule has 2 aromatic rings. The van der Waals surface area contributed by atoms with E-state index in [-0.39, 0.29) is 5.91 Å². The number of anilines is 1. The summed E-state index contributed by atoms with van der Waals surface area (Å²) in [6, 6.07) is 8.17. The molecule has 1 aliphatic heterocycles. The molecule has 0 saturated carbocycles. The minimum absolute atomic E-state index is 0.0535. The molecule has 1 aromatic heterocycles. The van der Waals surface area contributed by atoms with Gasteiger partial charge in [-0.15, -0.1) is 0 Å². The van der Waals surface area contributed by atoms with Crippen LogP contribution in [0.25, 0.3) is 10.9 Å². The maximum absolute atomic E-state index is 12.8. The van der Waals surface area contributed by atoms with Gasteiger partial charge in [-0.1, -0.05) is 6.07 Å². The predicted molar refractivity (Wildman–Crippen MR) is 101 cm³/mol. The normalized spacial score (nSPS) is 17.1. The smallest absolute Gasteiger partial charge is 0.256 e. The third-order valence-electron chi connectivity index (χ3n) is 5.04. The number of nitrogens with one attached hydrogen (secondary N) is 2. The number of ether oxygens (including phenoxy) is 1. The van der Waals surface area contributed by atoms with Crippen molar-refractivity contribution in [3.05, 3.63) is 30.5 Å². The zero-order valence-corrected chi connectivity index (χ0v) is 15.3. The van der Waals surface area contributed by atoms with E-state index in [2.05, 4.69) is 52.5 Å². The standard InChI is InChI=1S/C19H28N4O2/c1-22(2)12-13-23-11-6-15-4-5-16(14-17(15)23)21-18(24)19(25-3)7-9-20-10-8-19/h4-6,11,14,20H,7-10,12-13H2,1-3H3,(H,21,24). The van der Waals surface area contributed by atoms with Gasteiger partial charge in [0, 0.05) is 32.1 Å². The van der Waals surface area contributed by atoms with Gasteiger partial charge in [0.1, 0.15) is 5.60 Å². The number of amides is 1. The second kappa shape index (κ2) is 7.56. The van der Waals surface area contributed by atoms with E-state index >= 15 is 0 Å². The Hall–Kier alpha value is -1.89. The van der Waals surface area contributed by atoms with Crippen LogP contribution in [0.4, 0.5) is 5.69 Å². The van der Waals surface area contributed by atoms with Crippen molar-refractivity contribution in [2.75, 3.05) is 46.2 Å². The first kappa shape index (κ1) is 17.9. The lowest BCUT2D eigenvalue weighted by atomic mass is 9.91. The van der Waals surface area contributed by atoms with Crippen LogP contribution in [0, 0.1) is 0 Å². The molecule has 25 heavy (non-hydrogen) atoms. The highest BCUT2D eigenvalue weighted by molar-refractivity contribution is 5.99. The Bertz CT molecular complexity index is 732. The molecule has 0 spiro atoms. The van der Waals surface area contributed by atoms with Gasteiger partial charge in [0.25, 0.3) is 5.91 Å². The molecular weight excluding hydrogens is 316 g/mol. The fourth-order valence-corrected chi connectivity index (χ4v) is 3.36. The third kappa shape index (κ3) is 3.86. The number of hydrogen-bond acceptors (Lipinski definition) is 4. The molecule has 1 aromatic carbocycles. The highest BCUT2D eigenvalue weighted by Crippen LogP contribution is 2.26. The van der Waals surface area contributed by atoms with Gasteiger partial charge in [-0.05, 0) is 63.6 Å².